The summed E-state index contributed by atoms with van der Waals surface area (Å²) in [5.41, 5.74) is 8.66. The van der Waals surface area contributed by atoms with Crippen LogP contribution >= 0.6 is 11.9 Å². The molecule has 30 heavy (non-hydrogen) atoms. The monoisotopic (exact) mass is 425 g/mol. The van der Waals surface area contributed by atoms with Crippen molar-refractivity contribution < 1.29 is 9.50 Å². The normalized spacial score (nSPS) is 11.5. The standard InChI is InChI=1S/C22H24FN5OS/c23-16-8-2-4-10-18(16)30-25-12-5-6-13-28-19(11-14-29)27-20-21(28)15-7-1-3-9-17(15)26-22(20)24/h1-4,7-10,25,29H,5-6,11-14H2,(H2,24,26). The molecule has 0 saturated carbocycles. The predicted molar refractivity (Wildman–Crippen MR) is 120 cm³/mol. The highest BCUT2D eigenvalue weighted by molar-refractivity contribution is 7.97. The van der Waals surface area contributed by atoms with E-state index in [-0.39, 0.29) is 12.4 Å². The van der Waals surface area contributed by atoms with E-state index in [4.69, 9.17) is 5.73 Å². The Morgan fingerprint density at radius 1 is 1.07 bits per heavy atom. The molecule has 6 nitrogen and oxygen atoms in total. The summed E-state index contributed by atoms with van der Waals surface area (Å²) in [6, 6.07) is 14.6. The van der Waals surface area contributed by atoms with Crippen molar-refractivity contribution in [1.29, 1.82) is 0 Å². The third-order valence-corrected chi connectivity index (χ3v) is 5.85. The number of aliphatic hydroxyl groups is 1. The van der Waals surface area contributed by atoms with Crippen molar-refractivity contribution >= 4 is 39.7 Å². The molecule has 156 valence electrons. The first kappa shape index (κ1) is 20.6. The van der Waals surface area contributed by atoms with Gasteiger partial charge in [-0.3, -0.25) is 4.72 Å². The number of aliphatic hydroxyl groups excluding tert-OH is 1. The van der Waals surface area contributed by atoms with Crippen molar-refractivity contribution in [2.75, 3.05) is 18.9 Å². The minimum absolute atomic E-state index is 0.0232. The highest BCUT2D eigenvalue weighted by Gasteiger charge is 2.16. The molecule has 4 N–H and O–H groups in total. The van der Waals surface area contributed by atoms with Crippen LogP contribution in [0.1, 0.15) is 18.7 Å². The van der Waals surface area contributed by atoms with Crippen molar-refractivity contribution in [2.24, 2.45) is 0 Å². The van der Waals surface area contributed by atoms with Crippen LogP contribution in [0.4, 0.5) is 10.2 Å². The number of hydrogen-bond donors (Lipinski definition) is 3. The molecule has 8 heteroatoms. The van der Waals surface area contributed by atoms with Crippen molar-refractivity contribution in [3.63, 3.8) is 0 Å². The van der Waals surface area contributed by atoms with E-state index in [0.717, 1.165) is 48.2 Å². The number of nitrogen functional groups attached to an aromatic ring is 1. The van der Waals surface area contributed by atoms with E-state index in [1.807, 2.05) is 30.3 Å². The number of pyridine rings is 1. The van der Waals surface area contributed by atoms with Gasteiger partial charge in [-0.2, -0.15) is 0 Å². The zero-order chi connectivity index (χ0) is 20.9. The van der Waals surface area contributed by atoms with Gasteiger partial charge in [0, 0.05) is 24.9 Å². The SMILES string of the molecule is Nc1nc2ccccc2c2c1nc(CCO)n2CCCCNSc1ccccc1F. The molecule has 0 spiro atoms. The van der Waals surface area contributed by atoms with E-state index >= 15 is 0 Å². The van der Waals surface area contributed by atoms with Crippen LogP contribution in [0.3, 0.4) is 0 Å². The first-order valence-corrected chi connectivity index (χ1v) is 10.8. The molecule has 0 aliphatic heterocycles. The molecular formula is C22H24FN5OS. The second kappa shape index (κ2) is 9.42. The molecule has 0 aliphatic rings. The molecule has 0 aliphatic carbocycles. The van der Waals surface area contributed by atoms with Gasteiger partial charge in [-0.15, -0.1) is 0 Å². The average Bonchev–Trinajstić information content (AvgIpc) is 3.11. The summed E-state index contributed by atoms with van der Waals surface area (Å²) < 4.78 is 19.0. The van der Waals surface area contributed by atoms with Gasteiger partial charge < -0.3 is 15.4 Å². The minimum atomic E-state index is -0.216. The largest absolute Gasteiger partial charge is 0.396 e. The Hall–Kier alpha value is -2.68. The Bertz CT molecular complexity index is 1160. The summed E-state index contributed by atoms with van der Waals surface area (Å²) in [7, 11) is 0. The van der Waals surface area contributed by atoms with Crippen molar-refractivity contribution in [3.05, 3.63) is 60.2 Å². The van der Waals surface area contributed by atoms with E-state index < -0.39 is 0 Å². The molecular weight excluding hydrogens is 401 g/mol. The Labute approximate surface area is 178 Å². The summed E-state index contributed by atoms with van der Waals surface area (Å²) in [5, 5.41) is 10.5. The van der Waals surface area contributed by atoms with Crippen molar-refractivity contribution in [1.82, 2.24) is 19.3 Å². The maximum atomic E-state index is 13.7. The molecule has 0 fully saturated rings. The lowest BCUT2D eigenvalue weighted by Crippen LogP contribution is -2.10. The van der Waals surface area contributed by atoms with Crippen molar-refractivity contribution in [2.45, 2.75) is 30.7 Å². The van der Waals surface area contributed by atoms with Gasteiger partial charge in [-0.25, -0.2) is 14.4 Å². The van der Waals surface area contributed by atoms with Gasteiger partial charge in [0.1, 0.15) is 17.2 Å². The molecule has 4 rings (SSSR count). The molecule has 0 unspecified atom stereocenters. The van der Waals surface area contributed by atoms with Gasteiger partial charge in [-0.05, 0) is 43.0 Å². The number of anilines is 1. The third kappa shape index (κ3) is 4.26. The fraction of sp³-hybridized carbons (Fsp3) is 0.273. The smallest absolute Gasteiger partial charge is 0.152 e. The number of fused-ring (bicyclic) bond motifs is 3. The second-order valence-corrected chi connectivity index (χ2v) is 7.93. The van der Waals surface area contributed by atoms with E-state index in [1.165, 1.54) is 18.0 Å². The fourth-order valence-electron chi connectivity index (χ4n) is 3.56. The number of benzene rings is 2. The van der Waals surface area contributed by atoms with Crippen molar-refractivity contribution in [3.8, 4) is 0 Å². The number of hydrogen-bond acceptors (Lipinski definition) is 6. The summed E-state index contributed by atoms with van der Waals surface area (Å²) >= 11 is 1.31. The number of nitrogens with one attached hydrogen (secondary N) is 1. The number of imidazole rings is 1. The Kier molecular flexibility index (Phi) is 6.47. The lowest BCUT2D eigenvalue weighted by molar-refractivity contribution is 0.294. The molecule has 4 aromatic rings. The topological polar surface area (TPSA) is 89.0 Å². The zero-order valence-electron chi connectivity index (χ0n) is 16.5. The van der Waals surface area contributed by atoms with Crippen LogP contribution in [0, 0.1) is 5.82 Å². The lowest BCUT2D eigenvalue weighted by atomic mass is 10.2. The number of unbranched alkanes of at least 4 members (excludes halogenated alkanes) is 1. The number of rotatable bonds is 9. The van der Waals surface area contributed by atoms with E-state index in [2.05, 4.69) is 19.3 Å². The maximum absolute atomic E-state index is 13.7. The first-order chi connectivity index (χ1) is 14.7. The van der Waals surface area contributed by atoms with Gasteiger partial charge in [-0.1, -0.05) is 30.3 Å². The number of nitrogens with two attached hydrogens (primary N) is 1. The fourth-order valence-corrected chi connectivity index (χ4v) is 4.27. The molecule has 2 aromatic heterocycles. The van der Waals surface area contributed by atoms with Crippen LogP contribution in [0.5, 0.6) is 0 Å². The maximum Gasteiger partial charge on any atom is 0.152 e. The number of para-hydroxylation sites is 1. The van der Waals surface area contributed by atoms with Gasteiger partial charge in [0.15, 0.2) is 5.82 Å². The predicted octanol–water partition coefficient (Wildman–Crippen LogP) is 3.92. The minimum Gasteiger partial charge on any atom is -0.396 e. The summed E-state index contributed by atoms with van der Waals surface area (Å²) in [6.45, 7) is 1.53. The number of aromatic nitrogens is 3. The summed E-state index contributed by atoms with van der Waals surface area (Å²) in [6.07, 6.45) is 2.29. The van der Waals surface area contributed by atoms with Crippen LogP contribution in [0.2, 0.25) is 0 Å². The van der Waals surface area contributed by atoms with Gasteiger partial charge >= 0.3 is 0 Å². The molecule has 2 heterocycles. The summed E-state index contributed by atoms with van der Waals surface area (Å²) in [5.74, 6) is 1.00. The van der Waals surface area contributed by atoms with Crippen LogP contribution in [-0.4, -0.2) is 32.8 Å². The zero-order valence-corrected chi connectivity index (χ0v) is 17.3. The Balaban J connectivity index is 1.47. The quantitative estimate of drug-likeness (QED) is 0.278. The molecule has 0 saturated heterocycles. The van der Waals surface area contributed by atoms with Crippen LogP contribution in [0.15, 0.2) is 53.4 Å². The first-order valence-electron chi connectivity index (χ1n) is 9.97. The molecule has 0 amide bonds. The molecule has 0 atom stereocenters. The number of aryl methyl sites for hydroxylation is 1. The number of nitrogens with zero attached hydrogens (tertiary/aromatic N) is 3. The van der Waals surface area contributed by atoms with E-state index in [1.54, 1.807) is 12.1 Å². The lowest BCUT2D eigenvalue weighted by Gasteiger charge is -2.11. The van der Waals surface area contributed by atoms with Gasteiger partial charge in [0.25, 0.3) is 0 Å². The Morgan fingerprint density at radius 3 is 2.70 bits per heavy atom. The molecule has 0 radical (unpaired) electrons. The second-order valence-electron chi connectivity index (χ2n) is 7.00. The van der Waals surface area contributed by atoms with E-state index in [0.29, 0.717) is 22.7 Å². The molecule has 0 bridgehead atoms. The molecule has 2 aromatic carbocycles. The van der Waals surface area contributed by atoms with Crippen LogP contribution < -0.4 is 10.5 Å². The van der Waals surface area contributed by atoms with Gasteiger partial charge in [0.05, 0.1) is 22.5 Å². The van der Waals surface area contributed by atoms with Crippen LogP contribution in [-0.2, 0) is 13.0 Å². The number of halogens is 1. The van der Waals surface area contributed by atoms with Gasteiger partial charge in [0.2, 0.25) is 0 Å². The highest BCUT2D eigenvalue weighted by Crippen LogP contribution is 2.29. The van der Waals surface area contributed by atoms with E-state index in [9.17, 15) is 9.50 Å². The third-order valence-electron chi connectivity index (χ3n) is 4.95. The summed E-state index contributed by atoms with van der Waals surface area (Å²) in [4.78, 5) is 9.74. The Morgan fingerprint density at radius 2 is 1.87 bits per heavy atom. The average molecular weight is 426 g/mol. The van der Waals surface area contributed by atoms with Crippen LogP contribution in [0.25, 0.3) is 21.9 Å². The highest BCUT2D eigenvalue weighted by atomic mass is 32.2.